The first-order chi connectivity index (χ1) is 8.52. The van der Waals surface area contributed by atoms with Gasteiger partial charge >= 0.3 is 0 Å². The largest absolute Gasteiger partial charge is 0.335 e. The van der Waals surface area contributed by atoms with Gasteiger partial charge in [0.05, 0.1) is 12.2 Å². The fraction of sp³-hybridized carbons (Fsp3) is 0.615. The topological polar surface area (TPSA) is 55.2 Å². The van der Waals surface area contributed by atoms with Crippen LogP contribution in [0.25, 0.3) is 0 Å². The number of aldehydes is 1. The first-order valence-electron chi connectivity index (χ1n) is 6.32. The maximum Gasteiger partial charge on any atom is 0.223 e. The average Bonchev–Trinajstić information content (AvgIpc) is 2.65. The van der Waals surface area contributed by atoms with Crippen LogP contribution >= 0.6 is 0 Å². The summed E-state index contributed by atoms with van der Waals surface area (Å²) < 4.78 is 2.03. The monoisotopic (exact) mass is 249 g/mol. The molecule has 0 aromatic carbocycles. The van der Waals surface area contributed by atoms with Gasteiger partial charge in [0, 0.05) is 19.5 Å². The minimum atomic E-state index is 0.159. The molecule has 0 saturated carbocycles. The molecule has 2 rings (SSSR count). The van der Waals surface area contributed by atoms with Crippen LogP contribution < -0.4 is 0 Å². The summed E-state index contributed by atoms with van der Waals surface area (Å²) in [6.07, 6.45) is 1.33. The Balaban J connectivity index is 2.19. The van der Waals surface area contributed by atoms with Crippen molar-refractivity contribution in [1.29, 1.82) is 0 Å². The Hall–Kier alpha value is -1.65. The van der Waals surface area contributed by atoms with Gasteiger partial charge in [-0.2, -0.15) is 0 Å². The van der Waals surface area contributed by atoms with Crippen molar-refractivity contribution in [3.63, 3.8) is 0 Å². The summed E-state index contributed by atoms with van der Waals surface area (Å²) in [4.78, 5) is 29.0. The molecule has 5 nitrogen and oxygen atoms in total. The standard InChI is InChI=1S/C13H19N3O2/c1-9(2)6-13(18)15-4-5-16-10(3)14-11(8-17)12(16)7-15/h8-9H,4-7H2,1-3H3. The molecule has 0 bridgehead atoms. The van der Waals surface area contributed by atoms with E-state index >= 15 is 0 Å². The lowest BCUT2D eigenvalue weighted by Gasteiger charge is -2.29. The van der Waals surface area contributed by atoms with Crippen molar-refractivity contribution < 1.29 is 9.59 Å². The zero-order chi connectivity index (χ0) is 13.3. The number of carbonyl (C=O) groups is 2. The van der Waals surface area contributed by atoms with E-state index in [2.05, 4.69) is 4.98 Å². The quantitative estimate of drug-likeness (QED) is 0.761. The summed E-state index contributed by atoms with van der Waals surface area (Å²) in [6, 6.07) is 0. The van der Waals surface area contributed by atoms with Crippen LogP contribution in [0.3, 0.4) is 0 Å². The summed E-state index contributed by atoms with van der Waals surface area (Å²) in [5, 5.41) is 0. The number of fused-ring (bicyclic) bond motifs is 1. The summed E-state index contributed by atoms with van der Waals surface area (Å²) in [7, 11) is 0. The number of aryl methyl sites for hydroxylation is 1. The lowest BCUT2D eigenvalue weighted by atomic mass is 10.1. The predicted octanol–water partition coefficient (Wildman–Crippen LogP) is 1.39. The number of amides is 1. The van der Waals surface area contributed by atoms with Crippen molar-refractivity contribution in [2.45, 2.75) is 40.3 Å². The molecule has 1 aromatic rings. The van der Waals surface area contributed by atoms with Gasteiger partial charge in [-0.3, -0.25) is 9.59 Å². The highest BCUT2D eigenvalue weighted by molar-refractivity contribution is 5.78. The van der Waals surface area contributed by atoms with Crippen LogP contribution in [-0.2, 0) is 17.9 Å². The van der Waals surface area contributed by atoms with E-state index in [0.29, 0.717) is 31.1 Å². The van der Waals surface area contributed by atoms with Crippen LogP contribution in [0.2, 0.25) is 0 Å². The SMILES string of the molecule is Cc1nc(C=O)c2n1CCN(C(=O)CC(C)C)C2. The molecule has 0 N–H and O–H groups in total. The van der Waals surface area contributed by atoms with Gasteiger partial charge in [0.25, 0.3) is 0 Å². The summed E-state index contributed by atoms with van der Waals surface area (Å²) in [5.74, 6) is 1.37. The van der Waals surface area contributed by atoms with E-state index in [1.165, 1.54) is 0 Å². The maximum absolute atomic E-state index is 12.0. The second-order valence-corrected chi connectivity index (χ2v) is 5.17. The minimum Gasteiger partial charge on any atom is -0.335 e. The van der Waals surface area contributed by atoms with Crippen molar-refractivity contribution in [3.8, 4) is 0 Å². The third-order valence-corrected chi connectivity index (χ3v) is 3.28. The molecule has 0 saturated heterocycles. The van der Waals surface area contributed by atoms with E-state index < -0.39 is 0 Å². The van der Waals surface area contributed by atoms with Gasteiger partial charge in [-0.25, -0.2) is 4.98 Å². The van der Waals surface area contributed by atoms with E-state index in [1.54, 1.807) is 0 Å². The van der Waals surface area contributed by atoms with Gasteiger partial charge in [0.2, 0.25) is 5.91 Å². The zero-order valence-corrected chi connectivity index (χ0v) is 11.1. The Kier molecular flexibility index (Phi) is 3.50. The molecule has 1 aliphatic heterocycles. The molecule has 0 spiro atoms. The van der Waals surface area contributed by atoms with Crippen molar-refractivity contribution in [2.24, 2.45) is 5.92 Å². The molecule has 0 unspecified atom stereocenters. The van der Waals surface area contributed by atoms with E-state index in [0.717, 1.165) is 24.3 Å². The second-order valence-electron chi connectivity index (χ2n) is 5.17. The zero-order valence-electron chi connectivity index (χ0n) is 11.1. The molecule has 18 heavy (non-hydrogen) atoms. The third kappa shape index (κ3) is 2.30. The van der Waals surface area contributed by atoms with Gasteiger partial charge in [-0.1, -0.05) is 13.8 Å². The molecule has 5 heteroatoms. The van der Waals surface area contributed by atoms with Crippen molar-refractivity contribution in [1.82, 2.24) is 14.5 Å². The molecular formula is C13H19N3O2. The van der Waals surface area contributed by atoms with Crippen LogP contribution in [0, 0.1) is 12.8 Å². The Bertz CT molecular complexity index is 477. The van der Waals surface area contributed by atoms with Crippen molar-refractivity contribution >= 4 is 12.2 Å². The summed E-state index contributed by atoms with van der Waals surface area (Å²) >= 11 is 0. The molecule has 1 aliphatic rings. The molecule has 0 atom stereocenters. The van der Waals surface area contributed by atoms with Crippen molar-refractivity contribution in [2.75, 3.05) is 6.54 Å². The summed E-state index contributed by atoms with van der Waals surface area (Å²) in [5.41, 5.74) is 1.33. The predicted molar refractivity (Wildman–Crippen MR) is 67.2 cm³/mol. The van der Waals surface area contributed by atoms with Crippen molar-refractivity contribution in [3.05, 3.63) is 17.2 Å². The normalized spacial score (nSPS) is 14.8. The van der Waals surface area contributed by atoms with E-state index in [-0.39, 0.29) is 5.91 Å². The van der Waals surface area contributed by atoms with Crippen LogP contribution in [-0.4, -0.2) is 33.2 Å². The first kappa shape index (κ1) is 12.8. The Morgan fingerprint density at radius 3 is 2.78 bits per heavy atom. The lowest BCUT2D eigenvalue weighted by molar-refractivity contribution is -0.133. The fourth-order valence-electron chi connectivity index (χ4n) is 2.36. The molecule has 1 amide bonds. The highest BCUT2D eigenvalue weighted by Gasteiger charge is 2.25. The average molecular weight is 249 g/mol. The molecule has 0 aliphatic carbocycles. The number of rotatable bonds is 3. The van der Waals surface area contributed by atoms with Gasteiger partial charge in [-0.15, -0.1) is 0 Å². The lowest BCUT2D eigenvalue weighted by Crippen LogP contribution is -2.39. The fourth-order valence-corrected chi connectivity index (χ4v) is 2.36. The van der Waals surface area contributed by atoms with E-state index in [4.69, 9.17) is 0 Å². The molecular weight excluding hydrogens is 230 g/mol. The van der Waals surface area contributed by atoms with Gasteiger partial charge in [0.15, 0.2) is 6.29 Å². The van der Waals surface area contributed by atoms with Crippen LogP contribution in [0.4, 0.5) is 0 Å². The van der Waals surface area contributed by atoms with E-state index in [1.807, 2.05) is 30.2 Å². The number of hydrogen-bond donors (Lipinski definition) is 0. The molecule has 0 radical (unpaired) electrons. The number of nitrogens with zero attached hydrogens (tertiary/aromatic N) is 3. The Morgan fingerprint density at radius 1 is 1.44 bits per heavy atom. The van der Waals surface area contributed by atoms with Gasteiger partial charge < -0.3 is 9.47 Å². The smallest absolute Gasteiger partial charge is 0.223 e. The minimum absolute atomic E-state index is 0.159. The van der Waals surface area contributed by atoms with E-state index in [9.17, 15) is 9.59 Å². The number of aromatic nitrogens is 2. The Morgan fingerprint density at radius 2 is 2.17 bits per heavy atom. The van der Waals surface area contributed by atoms with Crippen LogP contribution in [0.5, 0.6) is 0 Å². The molecule has 2 heterocycles. The molecule has 1 aromatic heterocycles. The second kappa shape index (κ2) is 4.92. The highest BCUT2D eigenvalue weighted by atomic mass is 16.2. The third-order valence-electron chi connectivity index (χ3n) is 3.28. The summed E-state index contributed by atoms with van der Waals surface area (Å²) in [6.45, 7) is 7.89. The van der Waals surface area contributed by atoms with Crippen LogP contribution in [0.15, 0.2) is 0 Å². The van der Waals surface area contributed by atoms with Gasteiger partial charge in [0.1, 0.15) is 11.5 Å². The number of hydrogen-bond acceptors (Lipinski definition) is 3. The number of imidazole rings is 1. The number of carbonyl (C=O) groups excluding carboxylic acids is 2. The highest BCUT2D eigenvalue weighted by Crippen LogP contribution is 2.19. The maximum atomic E-state index is 12.0. The Labute approximate surface area is 107 Å². The molecule has 0 fully saturated rings. The first-order valence-corrected chi connectivity index (χ1v) is 6.32. The van der Waals surface area contributed by atoms with Crippen LogP contribution in [0.1, 0.15) is 42.3 Å². The molecule has 98 valence electrons. The van der Waals surface area contributed by atoms with Gasteiger partial charge in [-0.05, 0) is 12.8 Å².